The number of halogens is 2. The average Bonchev–Trinajstić information content (AvgIpc) is 3.05. The van der Waals surface area contributed by atoms with E-state index in [-0.39, 0.29) is 17.1 Å². The number of hydrogen-bond acceptors (Lipinski definition) is 5. The number of esters is 2. The van der Waals surface area contributed by atoms with Crippen molar-refractivity contribution >= 4 is 29.6 Å². The maximum absolute atomic E-state index is 13.1. The van der Waals surface area contributed by atoms with E-state index >= 15 is 0 Å². The van der Waals surface area contributed by atoms with Gasteiger partial charge in [0.15, 0.2) is 0 Å². The second-order valence-electron chi connectivity index (χ2n) is 5.92. The van der Waals surface area contributed by atoms with Crippen LogP contribution < -0.4 is 0 Å². The summed E-state index contributed by atoms with van der Waals surface area (Å²) in [6.07, 6.45) is 1.83. The van der Waals surface area contributed by atoms with Gasteiger partial charge in [0.25, 0.3) is 0 Å². The number of benzene rings is 1. The molecular formula is C18H16ClFN2O4. The number of aromatic nitrogens is 2. The van der Waals surface area contributed by atoms with Gasteiger partial charge in [0.1, 0.15) is 17.1 Å². The van der Waals surface area contributed by atoms with Gasteiger partial charge in [-0.3, -0.25) is 0 Å². The second-order valence-corrected chi connectivity index (χ2v) is 6.28. The molecule has 1 aromatic carbocycles. The fourth-order valence-corrected chi connectivity index (χ4v) is 2.94. The van der Waals surface area contributed by atoms with Crippen LogP contribution in [-0.2, 0) is 19.1 Å². The second kappa shape index (κ2) is 7.29. The highest BCUT2D eigenvalue weighted by Gasteiger charge is 2.34. The highest BCUT2D eigenvalue weighted by atomic mass is 35.5. The fourth-order valence-electron chi connectivity index (χ4n) is 2.60. The molecule has 0 N–H and O–H groups in total. The summed E-state index contributed by atoms with van der Waals surface area (Å²) in [7, 11) is 0. The van der Waals surface area contributed by atoms with Crippen LogP contribution >= 0.6 is 11.6 Å². The quantitative estimate of drug-likeness (QED) is 0.603. The normalized spacial score (nSPS) is 19.8. The number of nitrogens with zero attached hydrogens (tertiary/aromatic N) is 2. The molecule has 2 heterocycles. The maximum atomic E-state index is 13.1. The zero-order valence-electron chi connectivity index (χ0n) is 14.1. The molecule has 1 fully saturated rings. The van der Waals surface area contributed by atoms with E-state index in [1.54, 1.807) is 26.0 Å². The van der Waals surface area contributed by atoms with Gasteiger partial charge < -0.3 is 9.47 Å². The zero-order chi connectivity index (χ0) is 18.8. The van der Waals surface area contributed by atoms with E-state index in [9.17, 15) is 14.0 Å². The van der Waals surface area contributed by atoms with Gasteiger partial charge in [-0.2, -0.15) is 5.10 Å². The predicted octanol–water partition coefficient (Wildman–Crippen LogP) is 3.23. The lowest BCUT2D eigenvalue weighted by atomic mass is 10.2. The third-order valence-corrected chi connectivity index (χ3v) is 4.25. The number of ether oxygens (including phenoxy) is 2. The summed E-state index contributed by atoms with van der Waals surface area (Å²) in [5.41, 5.74) is 1.69. The first-order valence-electron chi connectivity index (χ1n) is 7.95. The van der Waals surface area contributed by atoms with Crippen LogP contribution in [-0.4, -0.2) is 33.9 Å². The summed E-state index contributed by atoms with van der Waals surface area (Å²) in [5.74, 6) is -1.58. The van der Waals surface area contributed by atoms with Crippen LogP contribution in [0.3, 0.4) is 0 Å². The van der Waals surface area contributed by atoms with Crippen LogP contribution in [0.4, 0.5) is 4.39 Å². The molecule has 1 aliphatic heterocycles. The van der Waals surface area contributed by atoms with Gasteiger partial charge in [0.2, 0.25) is 6.10 Å². The van der Waals surface area contributed by atoms with Crippen molar-refractivity contribution in [3.8, 4) is 5.69 Å². The van der Waals surface area contributed by atoms with E-state index < -0.39 is 18.0 Å². The predicted molar refractivity (Wildman–Crippen MR) is 92.4 cm³/mol. The van der Waals surface area contributed by atoms with Crippen molar-refractivity contribution in [3.63, 3.8) is 0 Å². The Balaban J connectivity index is 1.75. The van der Waals surface area contributed by atoms with Crippen LogP contribution in [0.25, 0.3) is 11.8 Å². The first-order chi connectivity index (χ1) is 12.3. The number of cyclic esters (lactones) is 1. The van der Waals surface area contributed by atoms with Crippen molar-refractivity contribution in [2.24, 2.45) is 0 Å². The molecule has 2 atom stereocenters. The Kier molecular flexibility index (Phi) is 5.08. The minimum absolute atomic E-state index is 0.269. The van der Waals surface area contributed by atoms with Gasteiger partial charge in [0, 0.05) is 18.1 Å². The lowest BCUT2D eigenvalue weighted by Crippen LogP contribution is -2.21. The molecule has 1 saturated heterocycles. The molecule has 136 valence electrons. The third kappa shape index (κ3) is 3.77. The third-order valence-electron chi connectivity index (χ3n) is 3.89. The minimum atomic E-state index is -0.888. The highest BCUT2D eigenvalue weighted by molar-refractivity contribution is 6.31. The monoisotopic (exact) mass is 378 g/mol. The Labute approximate surface area is 154 Å². The van der Waals surface area contributed by atoms with Gasteiger partial charge in [-0.15, -0.1) is 0 Å². The van der Waals surface area contributed by atoms with Crippen LogP contribution in [0, 0.1) is 12.7 Å². The zero-order valence-corrected chi connectivity index (χ0v) is 14.9. The van der Waals surface area contributed by atoms with E-state index in [0.29, 0.717) is 23.4 Å². The van der Waals surface area contributed by atoms with Gasteiger partial charge >= 0.3 is 11.9 Å². The molecule has 2 aromatic rings. The Bertz CT molecular complexity index is 876. The average molecular weight is 379 g/mol. The van der Waals surface area contributed by atoms with Crippen molar-refractivity contribution in [2.75, 3.05) is 0 Å². The number of hydrogen-bond donors (Lipinski definition) is 0. The molecule has 0 bridgehead atoms. The van der Waals surface area contributed by atoms with E-state index in [2.05, 4.69) is 5.10 Å². The Morgan fingerprint density at radius 2 is 2.12 bits per heavy atom. The molecule has 0 aliphatic carbocycles. The maximum Gasteiger partial charge on any atom is 0.347 e. The Morgan fingerprint density at radius 1 is 1.42 bits per heavy atom. The Morgan fingerprint density at radius 3 is 2.73 bits per heavy atom. The van der Waals surface area contributed by atoms with E-state index in [1.807, 2.05) is 0 Å². The molecule has 8 heteroatoms. The van der Waals surface area contributed by atoms with E-state index in [0.717, 1.165) is 0 Å². The largest absolute Gasteiger partial charge is 0.460 e. The van der Waals surface area contributed by atoms with E-state index in [4.69, 9.17) is 21.1 Å². The summed E-state index contributed by atoms with van der Waals surface area (Å²) in [6, 6.07) is 5.69. The summed E-state index contributed by atoms with van der Waals surface area (Å²) >= 11 is 6.33. The topological polar surface area (TPSA) is 70.4 Å². The molecule has 1 aromatic heterocycles. The van der Waals surface area contributed by atoms with Gasteiger partial charge in [-0.25, -0.2) is 18.7 Å². The van der Waals surface area contributed by atoms with E-state index in [1.165, 1.54) is 29.0 Å². The summed E-state index contributed by atoms with van der Waals surface area (Å²) in [6.45, 7) is 3.46. The van der Waals surface area contributed by atoms with Crippen LogP contribution in [0.5, 0.6) is 0 Å². The van der Waals surface area contributed by atoms with Gasteiger partial charge in [-0.1, -0.05) is 11.6 Å². The molecule has 0 radical (unpaired) electrons. The molecule has 0 amide bonds. The molecule has 0 spiro atoms. The SMILES string of the molecule is Cc1nn(-c2ccc(F)cc2)c(Cl)c1/C=C/C(=O)O[C@@H]1C[C@H](C)OC1=O. The van der Waals surface area contributed by atoms with Crippen molar-refractivity contribution in [2.45, 2.75) is 32.5 Å². The number of carbonyl (C=O) groups is 2. The smallest absolute Gasteiger partial charge is 0.347 e. The highest BCUT2D eigenvalue weighted by Crippen LogP contribution is 2.25. The van der Waals surface area contributed by atoms with Gasteiger partial charge in [-0.05, 0) is 44.2 Å². The summed E-state index contributed by atoms with van der Waals surface area (Å²) in [4.78, 5) is 23.4. The first-order valence-corrected chi connectivity index (χ1v) is 8.33. The molecule has 1 aliphatic rings. The van der Waals surface area contributed by atoms with Gasteiger partial charge in [0.05, 0.1) is 11.4 Å². The van der Waals surface area contributed by atoms with Crippen molar-refractivity contribution < 1.29 is 23.5 Å². The van der Waals surface area contributed by atoms with Crippen LogP contribution in [0.2, 0.25) is 5.15 Å². The van der Waals surface area contributed by atoms with Crippen molar-refractivity contribution in [1.82, 2.24) is 9.78 Å². The first kappa shape index (κ1) is 18.1. The lowest BCUT2D eigenvalue weighted by molar-refractivity contribution is -0.157. The fraction of sp³-hybridized carbons (Fsp3) is 0.278. The number of aryl methyl sites for hydroxylation is 1. The van der Waals surface area contributed by atoms with Crippen molar-refractivity contribution in [1.29, 1.82) is 0 Å². The number of carbonyl (C=O) groups excluding carboxylic acids is 2. The minimum Gasteiger partial charge on any atom is -0.460 e. The Hall–Kier alpha value is -2.67. The molecule has 3 rings (SSSR count). The molecule has 26 heavy (non-hydrogen) atoms. The standard InChI is InChI=1S/C18H16ClFN2O4/c1-10-9-15(18(24)25-10)26-16(23)8-7-14-11(2)21-22(17(14)19)13-5-3-12(20)4-6-13/h3-8,10,15H,9H2,1-2H3/b8-7+/t10-,15+/m0/s1. The molecule has 0 unspecified atom stereocenters. The molecule has 6 nitrogen and oxygen atoms in total. The molecule has 0 saturated carbocycles. The number of rotatable bonds is 4. The lowest BCUT2D eigenvalue weighted by Gasteiger charge is -2.05. The van der Waals surface area contributed by atoms with Crippen molar-refractivity contribution in [3.05, 3.63) is 52.6 Å². The molecular weight excluding hydrogens is 363 g/mol. The summed E-state index contributed by atoms with van der Waals surface area (Å²) < 4.78 is 24.5. The summed E-state index contributed by atoms with van der Waals surface area (Å²) in [5, 5.41) is 4.57. The van der Waals surface area contributed by atoms with Crippen LogP contribution in [0.15, 0.2) is 30.3 Å². The van der Waals surface area contributed by atoms with Crippen LogP contribution in [0.1, 0.15) is 24.6 Å².